The lowest BCUT2D eigenvalue weighted by Gasteiger charge is -2.43. The Hall–Kier alpha value is -2.21. The van der Waals surface area contributed by atoms with Crippen LogP contribution in [0.1, 0.15) is 31.2 Å². The van der Waals surface area contributed by atoms with Crippen LogP contribution in [0.3, 0.4) is 0 Å². The summed E-state index contributed by atoms with van der Waals surface area (Å²) >= 11 is 0. The van der Waals surface area contributed by atoms with Crippen molar-refractivity contribution < 1.29 is 9.90 Å². The van der Waals surface area contributed by atoms with E-state index in [0.717, 1.165) is 25.7 Å². The lowest BCUT2D eigenvalue weighted by molar-refractivity contribution is -0.147. The van der Waals surface area contributed by atoms with E-state index in [1.54, 1.807) is 17.1 Å². The maximum atomic E-state index is 13.2. The Morgan fingerprint density at radius 1 is 1.20 bits per heavy atom. The van der Waals surface area contributed by atoms with Gasteiger partial charge in [0.15, 0.2) is 0 Å². The molecule has 1 amide bonds. The molecule has 1 unspecified atom stereocenters. The second-order valence-electron chi connectivity index (χ2n) is 7.60. The van der Waals surface area contributed by atoms with Crippen molar-refractivity contribution in [3.63, 3.8) is 0 Å². The summed E-state index contributed by atoms with van der Waals surface area (Å²) in [6, 6.07) is 10.2. The quantitative estimate of drug-likeness (QED) is 0.898. The van der Waals surface area contributed by atoms with Crippen molar-refractivity contribution in [2.75, 3.05) is 13.1 Å². The number of aromatic nitrogens is 3. The molecule has 132 valence electrons. The minimum atomic E-state index is -0.916. The molecule has 25 heavy (non-hydrogen) atoms. The van der Waals surface area contributed by atoms with Gasteiger partial charge in [0, 0.05) is 12.7 Å². The number of hydrogen-bond acceptors (Lipinski definition) is 4. The number of nitrogens with zero attached hydrogens (tertiary/aromatic N) is 4. The zero-order valence-electron chi connectivity index (χ0n) is 14.3. The molecule has 6 heteroatoms. The number of β-amino-alcohol motifs (C(OH)–C–C–N with tert-alkyl or cyclic N) is 1. The van der Waals surface area contributed by atoms with Gasteiger partial charge in [-0.15, -0.1) is 5.10 Å². The van der Waals surface area contributed by atoms with Gasteiger partial charge >= 0.3 is 0 Å². The van der Waals surface area contributed by atoms with E-state index in [-0.39, 0.29) is 11.3 Å². The van der Waals surface area contributed by atoms with Gasteiger partial charge in [-0.25, -0.2) is 4.68 Å². The molecule has 2 aliphatic rings. The minimum Gasteiger partial charge on any atom is -0.386 e. The van der Waals surface area contributed by atoms with Crippen LogP contribution in [0, 0.1) is 5.41 Å². The Kier molecular flexibility index (Phi) is 4.07. The topological polar surface area (TPSA) is 71.2 Å². The van der Waals surface area contributed by atoms with Crippen LogP contribution in [-0.2, 0) is 17.8 Å². The van der Waals surface area contributed by atoms with E-state index in [9.17, 15) is 9.90 Å². The van der Waals surface area contributed by atoms with Gasteiger partial charge in [0.25, 0.3) is 0 Å². The number of carbonyl (C=O) groups excluding carboxylic acids is 1. The zero-order valence-corrected chi connectivity index (χ0v) is 14.3. The normalized spacial score (nSPS) is 24.9. The van der Waals surface area contributed by atoms with Crippen LogP contribution in [0.5, 0.6) is 0 Å². The number of rotatable bonds is 5. The Morgan fingerprint density at radius 3 is 2.64 bits per heavy atom. The first kappa shape index (κ1) is 16.3. The van der Waals surface area contributed by atoms with E-state index in [0.29, 0.717) is 26.1 Å². The predicted octanol–water partition coefficient (Wildman–Crippen LogP) is 1.65. The fourth-order valence-corrected chi connectivity index (χ4v) is 4.17. The largest absolute Gasteiger partial charge is 0.386 e. The van der Waals surface area contributed by atoms with Gasteiger partial charge < -0.3 is 10.0 Å². The van der Waals surface area contributed by atoms with Crippen molar-refractivity contribution in [3.05, 3.63) is 48.3 Å². The van der Waals surface area contributed by atoms with Crippen LogP contribution in [0.25, 0.3) is 0 Å². The fraction of sp³-hybridized carbons (Fsp3) is 0.526. The summed E-state index contributed by atoms with van der Waals surface area (Å²) < 4.78 is 1.64. The maximum absolute atomic E-state index is 13.2. The molecule has 2 aromatic rings. The highest BCUT2D eigenvalue weighted by Gasteiger charge is 2.49. The number of hydrogen-bond donors (Lipinski definition) is 1. The molecule has 4 rings (SSSR count). The van der Waals surface area contributed by atoms with Gasteiger partial charge in [0.2, 0.25) is 5.91 Å². The number of aliphatic hydroxyl groups is 1. The van der Waals surface area contributed by atoms with Crippen LogP contribution >= 0.6 is 0 Å². The number of benzene rings is 1. The Bertz CT molecular complexity index is 727. The molecular weight excluding hydrogens is 316 g/mol. The second kappa shape index (κ2) is 6.26. The van der Waals surface area contributed by atoms with Crippen LogP contribution in [-0.4, -0.2) is 49.6 Å². The number of likely N-dealkylation sites (tertiary alicyclic amines) is 1. The van der Waals surface area contributed by atoms with Gasteiger partial charge in [-0.2, -0.15) is 0 Å². The second-order valence-corrected chi connectivity index (χ2v) is 7.60. The van der Waals surface area contributed by atoms with Crippen molar-refractivity contribution in [3.8, 4) is 0 Å². The average Bonchev–Trinajstić information content (AvgIpc) is 3.21. The highest BCUT2D eigenvalue weighted by molar-refractivity contribution is 5.84. The van der Waals surface area contributed by atoms with E-state index in [1.165, 1.54) is 5.56 Å². The molecule has 0 radical (unpaired) electrons. The lowest BCUT2D eigenvalue weighted by Crippen LogP contribution is -2.50. The summed E-state index contributed by atoms with van der Waals surface area (Å²) in [5, 5.41) is 18.6. The van der Waals surface area contributed by atoms with Crippen LogP contribution in [0.15, 0.2) is 42.7 Å². The molecule has 0 bridgehead atoms. The fourth-order valence-electron chi connectivity index (χ4n) is 4.17. The van der Waals surface area contributed by atoms with Gasteiger partial charge in [0.1, 0.15) is 5.60 Å². The third kappa shape index (κ3) is 3.18. The molecule has 1 aromatic heterocycles. The lowest BCUT2D eigenvalue weighted by atomic mass is 9.64. The van der Waals surface area contributed by atoms with Crippen LogP contribution in [0.4, 0.5) is 0 Å². The summed E-state index contributed by atoms with van der Waals surface area (Å²) in [5.74, 6) is 0.206. The molecule has 1 aliphatic carbocycles. The SMILES string of the molecule is O=C(N1CCC(O)(Cn2ccnn2)C1)C1(Cc2ccccc2)CCC1. The number of amides is 1. The molecule has 6 nitrogen and oxygen atoms in total. The third-order valence-electron chi connectivity index (χ3n) is 5.70. The van der Waals surface area contributed by atoms with Gasteiger partial charge in [0.05, 0.1) is 24.7 Å². The van der Waals surface area contributed by atoms with Crippen LogP contribution < -0.4 is 0 Å². The van der Waals surface area contributed by atoms with Crippen LogP contribution in [0.2, 0.25) is 0 Å². The molecule has 2 fully saturated rings. The molecular formula is C19H24N4O2. The Balaban J connectivity index is 1.45. The molecule has 1 saturated carbocycles. The summed E-state index contributed by atoms with van der Waals surface area (Å²) in [5.41, 5.74) is 0.0218. The summed E-state index contributed by atoms with van der Waals surface area (Å²) in [6.45, 7) is 1.37. The molecule has 1 saturated heterocycles. The molecule has 1 atom stereocenters. The molecule has 1 N–H and O–H groups in total. The maximum Gasteiger partial charge on any atom is 0.229 e. The van der Waals surface area contributed by atoms with Crippen molar-refractivity contribution in [2.24, 2.45) is 5.41 Å². The molecule has 1 aliphatic heterocycles. The summed E-state index contributed by atoms with van der Waals surface area (Å²) in [7, 11) is 0. The Labute approximate surface area is 147 Å². The van der Waals surface area contributed by atoms with Crippen molar-refractivity contribution >= 4 is 5.91 Å². The highest BCUT2D eigenvalue weighted by atomic mass is 16.3. The summed E-state index contributed by atoms with van der Waals surface area (Å²) in [4.78, 5) is 15.1. The highest BCUT2D eigenvalue weighted by Crippen LogP contribution is 2.46. The van der Waals surface area contributed by atoms with Gasteiger partial charge in [-0.05, 0) is 31.2 Å². The number of carbonyl (C=O) groups is 1. The predicted molar refractivity (Wildman–Crippen MR) is 92.6 cm³/mol. The first-order chi connectivity index (χ1) is 12.1. The molecule has 2 heterocycles. The molecule has 0 spiro atoms. The van der Waals surface area contributed by atoms with Crippen molar-refractivity contribution in [1.82, 2.24) is 19.9 Å². The van der Waals surface area contributed by atoms with E-state index in [1.807, 2.05) is 23.1 Å². The molecule has 1 aromatic carbocycles. The van der Waals surface area contributed by atoms with E-state index in [4.69, 9.17) is 0 Å². The first-order valence-electron chi connectivity index (χ1n) is 8.99. The van der Waals surface area contributed by atoms with Crippen molar-refractivity contribution in [2.45, 2.75) is 44.2 Å². The van der Waals surface area contributed by atoms with E-state index >= 15 is 0 Å². The van der Waals surface area contributed by atoms with Gasteiger partial charge in [-0.3, -0.25) is 4.79 Å². The van der Waals surface area contributed by atoms with E-state index < -0.39 is 5.60 Å². The minimum absolute atomic E-state index is 0.206. The van der Waals surface area contributed by atoms with Crippen molar-refractivity contribution in [1.29, 1.82) is 0 Å². The van der Waals surface area contributed by atoms with Gasteiger partial charge in [-0.1, -0.05) is 42.0 Å². The smallest absolute Gasteiger partial charge is 0.229 e. The summed E-state index contributed by atoms with van der Waals surface area (Å²) in [6.07, 6.45) is 7.72. The standard InChI is InChI=1S/C19H24N4O2/c24-17(18(7-4-8-18)13-16-5-2-1-3-6-16)22-11-9-19(25,14-22)15-23-12-10-20-21-23/h1-3,5-6,10,12,25H,4,7-9,11,13-15H2. The third-order valence-corrected chi connectivity index (χ3v) is 5.70. The average molecular weight is 340 g/mol. The Morgan fingerprint density at radius 2 is 2.00 bits per heavy atom. The monoisotopic (exact) mass is 340 g/mol. The van der Waals surface area contributed by atoms with E-state index in [2.05, 4.69) is 22.4 Å². The first-order valence-corrected chi connectivity index (χ1v) is 8.99. The zero-order chi connectivity index (χ0) is 17.3.